The number of hydrazine groups is 1. The van der Waals surface area contributed by atoms with Crippen LogP contribution in [0.15, 0.2) is 15.9 Å². The van der Waals surface area contributed by atoms with Crippen molar-refractivity contribution in [3.05, 3.63) is 20.8 Å². The first-order valence-electron chi connectivity index (χ1n) is 3.70. The number of nitrogens with two attached hydrogens (primary N) is 1. The second-order valence-corrected chi connectivity index (χ2v) is 5.02. The Hall–Kier alpha value is 0.250. The third-order valence-corrected chi connectivity index (χ3v) is 3.89. The Balaban J connectivity index is 2.71. The minimum Gasteiger partial charge on any atom is -0.271 e. The van der Waals surface area contributed by atoms with Gasteiger partial charge in [0.15, 0.2) is 0 Å². The SMILES string of the molecule is NNC(Cc1sccc1Br)C(F)(F)Cl. The minimum atomic E-state index is -3.35. The zero-order valence-electron chi connectivity index (χ0n) is 6.94. The van der Waals surface area contributed by atoms with E-state index in [1.165, 1.54) is 11.3 Å². The van der Waals surface area contributed by atoms with Gasteiger partial charge in [0, 0.05) is 15.8 Å². The van der Waals surface area contributed by atoms with Crippen LogP contribution in [0.2, 0.25) is 0 Å². The third-order valence-electron chi connectivity index (χ3n) is 1.68. The fourth-order valence-corrected chi connectivity index (χ4v) is 2.63. The highest BCUT2D eigenvalue weighted by atomic mass is 79.9. The smallest absolute Gasteiger partial charge is 0.271 e. The molecule has 1 heterocycles. The number of halogens is 4. The van der Waals surface area contributed by atoms with Crippen LogP contribution in [0.4, 0.5) is 8.78 Å². The molecule has 0 saturated carbocycles. The van der Waals surface area contributed by atoms with Crippen molar-refractivity contribution in [3.63, 3.8) is 0 Å². The van der Waals surface area contributed by atoms with Gasteiger partial charge in [-0.25, -0.2) is 5.43 Å². The first kappa shape index (κ1) is 12.3. The fourth-order valence-electron chi connectivity index (χ4n) is 0.925. The highest BCUT2D eigenvalue weighted by molar-refractivity contribution is 9.10. The molecule has 14 heavy (non-hydrogen) atoms. The molecule has 0 aromatic carbocycles. The van der Waals surface area contributed by atoms with Crippen molar-refractivity contribution in [2.75, 3.05) is 0 Å². The minimum absolute atomic E-state index is 0.0885. The lowest BCUT2D eigenvalue weighted by Gasteiger charge is -2.19. The number of nitrogens with one attached hydrogen (secondary N) is 1. The van der Waals surface area contributed by atoms with E-state index in [9.17, 15) is 8.78 Å². The Morgan fingerprint density at radius 3 is 2.71 bits per heavy atom. The van der Waals surface area contributed by atoms with Gasteiger partial charge in [-0.3, -0.25) is 5.84 Å². The van der Waals surface area contributed by atoms with E-state index in [1.807, 2.05) is 5.43 Å². The molecule has 0 bridgehead atoms. The van der Waals surface area contributed by atoms with Crippen LogP contribution in [0, 0.1) is 0 Å². The molecule has 1 aromatic heterocycles. The van der Waals surface area contributed by atoms with Crippen molar-refractivity contribution in [3.8, 4) is 0 Å². The van der Waals surface area contributed by atoms with Gasteiger partial charge in [-0.05, 0) is 39.0 Å². The number of hydrogen-bond acceptors (Lipinski definition) is 3. The summed E-state index contributed by atoms with van der Waals surface area (Å²) in [6.07, 6.45) is 0.0885. The highest BCUT2D eigenvalue weighted by Crippen LogP contribution is 2.30. The highest BCUT2D eigenvalue weighted by Gasteiger charge is 2.36. The molecule has 0 amide bonds. The lowest BCUT2D eigenvalue weighted by atomic mass is 10.2. The third kappa shape index (κ3) is 3.13. The number of alkyl halides is 3. The molecule has 1 rings (SSSR count). The van der Waals surface area contributed by atoms with Crippen molar-refractivity contribution >= 4 is 38.9 Å². The molecule has 0 radical (unpaired) electrons. The molecule has 0 spiro atoms. The maximum atomic E-state index is 12.7. The monoisotopic (exact) mass is 304 g/mol. The number of hydrogen-bond donors (Lipinski definition) is 2. The van der Waals surface area contributed by atoms with Crippen molar-refractivity contribution in [2.24, 2.45) is 5.84 Å². The summed E-state index contributed by atoms with van der Waals surface area (Å²) in [4.78, 5) is 0.785. The van der Waals surface area contributed by atoms with E-state index in [4.69, 9.17) is 17.4 Å². The standard InChI is InChI=1S/C7H8BrClF2N2S/c8-4-1-2-14-5(4)3-6(13-12)7(9,10)11/h1-2,6,13H,3,12H2. The van der Waals surface area contributed by atoms with Crippen LogP contribution in [-0.2, 0) is 6.42 Å². The van der Waals surface area contributed by atoms with E-state index in [0.717, 1.165) is 9.35 Å². The Labute approximate surface area is 97.5 Å². The summed E-state index contributed by atoms with van der Waals surface area (Å²) in [6.45, 7) is 0. The summed E-state index contributed by atoms with van der Waals surface area (Å²) in [6, 6.07) is 0.527. The van der Waals surface area contributed by atoms with E-state index in [2.05, 4.69) is 15.9 Å². The van der Waals surface area contributed by atoms with Gasteiger partial charge in [0.05, 0.1) is 0 Å². The van der Waals surface area contributed by atoms with E-state index < -0.39 is 11.4 Å². The van der Waals surface area contributed by atoms with Crippen molar-refractivity contribution in [1.29, 1.82) is 0 Å². The summed E-state index contributed by atoms with van der Waals surface area (Å²) in [5.41, 5.74) is 2.01. The van der Waals surface area contributed by atoms with Gasteiger partial charge >= 0.3 is 5.38 Å². The predicted octanol–water partition coefficient (Wildman–Crippen LogP) is 2.72. The van der Waals surface area contributed by atoms with Crippen LogP contribution in [0.3, 0.4) is 0 Å². The molecule has 7 heteroatoms. The van der Waals surface area contributed by atoms with Crippen LogP contribution < -0.4 is 11.3 Å². The van der Waals surface area contributed by atoms with Crippen molar-refractivity contribution in [1.82, 2.24) is 5.43 Å². The first-order chi connectivity index (χ1) is 6.45. The molecule has 2 nitrogen and oxygen atoms in total. The largest absolute Gasteiger partial charge is 0.338 e. The van der Waals surface area contributed by atoms with Crippen LogP contribution in [-0.4, -0.2) is 11.4 Å². The van der Waals surface area contributed by atoms with Gasteiger partial charge in [0.25, 0.3) is 0 Å². The molecule has 3 N–H and O–H groups in total. The summed E-state index contributed by atoms with van der Waals surface area (Å²) in [7, 11) is 0. The topological polar surface area (TPSA) is 38.0 Å². The summed E-state index contributed by atoms with van der Waals surface area (Å²) >= 11 is 9.50. The zero-order chi connectivity index (χ0) is 10.8. The van der Waals surface area contributed by atoms with Crippen molar-refractivity contribution < 1.29 is 8.78 Å². The average Bonchev–Trinajstić information content (AvgIpc) is 2.45. The number of thiophene rings is 1. The molecule has 0 saturated heterocycles. The van der Waals surface area contributed by atoms with E-state index >= 15 is 0 Å². The normalized spacial score (nSPS) is 14.4. The Bertz CT molecular complexity index is 302. The second-order valence-electron chi connectivity index (χ2n) is 2.66. The Morgan fingerprint density at radius 2 is 2.36 bits per heavy atom. The molecule has 1 aromatic rings. The summed E-state index contributed by atoms with van der Waals surface area (Å²) < 4.78 is 26.2. The Kier molecular flexibility index (Phi) is 4.27. The maximum Gasteiger partial charge on any atom is 0.338 e. The maximum absolute atomic E-state index is 12.7. The molecule has 0 aliphatic rings. The summed E-state index contributed by atoms with van der Waals surface area (Å²) in [5, 5.41) is -1.54. The predicted molar refractivity (Wildman–Crippen MR) is 57.6 cm³/mol. The van der Waals surface area contributed by atoms with E-state index in [1.54, 1.807) is 11.4 Å². The van der Waals surface area contributed by atoms with E-state index in [0.29, 0.717) is 0 Å². The van der Waals surface area contributed by atoms with Gasteiger partial charge in [-0.15, -0.1) is 11.3 Å². The van der Waals surface area contributed by atoms with E-state index in [-0.39, 0.29) is 6.42 Å². The van der Waals surface area contributed by atoms with Crippen LogP contribution in [0.1, 0.15) is 4.88 Å². The molecular weight excluding hydrogens is 298 g/mol. The second kappa shape index (κ2) is 4.85. The van der Waals surface area contributed by atoms with Crippen molar-refractivity contribution in [2.45, 2.75) is 17.8 Å². The van der Waals surface area contributed by atoms with Gasteiger partial charge in [-0.2, -0.15) is 8.78 Å². The Morgan fingerprint density at radius 1 is 1.71 bits per heavy atom. The van der Waals surface area contributed by atoms with Crippen LogP contribution in [0.5, 0.6) is 0 Å². The lowest BCUT2D eigenvalue weighted by Crippen LogP contribution is -2.46. The first-order valence-corrected chi connectivity index (χ1v) is 5.75. The molecule has 0 fully saturated rings. The fraction of sp³-hybridized carbons (Fsp3) is 0.429. The summed E-state index contributed by atoms with van der Waals surface area (Å²) in [5.74, 6) is 5.00. The van der Waals surface area contributed by atoms with Gasteiger partial charge in [-0.1, -0.05) is 0 Å². The lowest BCUT2D eigenvalue weighted by molar-refractivity contribution is 0.0505. The van der Waals surface area contributed by atoms with Crippen LogP contribution in [0.25, 0.3) is 0 Å². The molecule has 1 atom stereocenters. The van der Waals surface area contributed by atoms with Gasteiger partial charge in [0.1, 0.15) is 6.04 Å². The molecule has 80 valence electrons. The quantitative estimate of drug-likeness (QED) is 0.510. The molecule has 0 aliphatic carbocycles. The van der Waals surface area contributed by atoms with Crippen LogP contribution >= 0.6 is 38.9 Å². The molecule has 0 aliphatic heterocycles. The number of rotatable bonds is 4. The zero-order valence-corrected chi connectivity index (χ0v) is 10.1. The molecular formula is C7H8BrClF2N2S. The molecule has 1 unspecified atom stereocenters. The average molecular weight is 306 g/mol. The van der Waals surface area contributed by atoms with Gasteiger partial charge < -0.3 is 0 Å². The van der Waals surface area contributed by atoms with Gasteiger partial charge in [0.2, 0.25) is 0 Å².